The second kappa shape index (κ2) is 7.42. The van der Waals surface area contributed by atoms with Gasteiger partial charge in [-0.15, -0.1) is 0 Å². The highest BCUT2D eigenvalue weighted by Crippen LogP contribution is 2.14. The van der Waals surface area contributed by atoms with Gasteiger partial charge >= 0.3 is 0 Å². The predicted octanol–water partition coefficient (Wildman–Crippen LogP) is 4.17. The fourth-order valence-electron chi connectivity index (χ4n) is 2.29. The number of ether oxygens (including phenoxy) is 1. The van der Waals surface area contributed by atoms with Gasteiger partial charge in [-0.25, -0.2) is 4.68 Å². The molecule has 0 N–H and O–H groups in total. The van der Waals surface area contributed by atoms with E-state index in [1.807, 2.05) is 43.5 Å². The first-order valence-electron chi connectivity index (χ1n) is 7.81. The first-order valence-corrected chi connectivity index (χ1v) is 7.81. The molecular weight excluding hydrogens is 300 g/mol. The number of hydrogen-bond acceptors (Lipinski definition) is 3. The average molecular weight is 318 g/mol. The summed E-state index contributed by atoms with van der Waals surface area (Å²) in [6.07, 6.45) is 6.94. The minimum absolute atomic E-state index is 0.0505. The third-order valence-corrected chi connectivity index (χ3v) is 3.50. The van der Waals surface area contributed by atoms with E-state index in [9.17, 15) is 4.79 Å². The van der Waals surface area contributed by atoms with E-state index in [2.05, 4.69) is 5.10 Å². The lowest BCUT2D eigenvalue weighted by atomic mass is 10.1. The molecule has 0 saturated heterocycles. The first-order chi connectivity index (χ1) is 11.8. The van der Waals surface area contributed by atoms with Crippen molar-refractivity contribution in [2.75, 3.05) is 6.61 Å². The van der Waals surface area contributed by atoms with Crippen molar-refractivity contribution in [2.45, 2.75) is 6.92 Å². The van der Waals surface area contributed by atoms with E-state index >= 15 is 0 Å². The third kappa shape index (κ3) is 3.79. The van der Waals surface area contributed by atoms with Crippen molar-refractivity contribution in [2.24, 2.45) is 0 Å². The zero-order chi connectivity index (χ0) is 16.8. The Kier molecular flexibility index (Phi) is 4.87. The minimum Gasteiger partial charge on any atom is -0.494 e. The molecule has 24 heavy (non-hydrogen) atoms. The number of allylic oxidation sites excluding steroid dienone is 1. The number of rotatable bonds is 6. The predicted molar refractivity (Wildman–Crippen MR) is 94.5 cm³/mol. The maximum Gasteiger partial charge on any atom is 0.185 e. The van der Waals surface area contributed by atoms with Gasteiger partial charge in [0.15, 0.2) is 5.78 Å². The molecule has 4 nitrogen and oxygen atoms in total. The van der Waals surface area contributed by atoms with Crippen molar-refractivity contribution in [1.29, 1.82) is 0 Å². The molecule has 0 atom stereocenters. The Hall–Kier alpha value is -3.14. The van der Waals surface area contributed by atoms with E-state index in [1.165, 1.54) is 0 Å². The molecule has 120 valence electrons. The maximum atomic E-state index is 12.2. The first kappa shape index (κ1) is 15.7. The molecule has 3 aromatic rings. The Morgan fingerprint density at radius 3 is 2.58 bits per heavy atom. The van der Waals surface area contributed by atoms with Gasteiger partial charge in [0.25, 0.3) is 0 Å². The van der Waals surface area contributed by atoms with Gasteiger partial charge in [0.05, 0.1) is 18.5 Å². The zero-order valence-corrected chi connectivity index (χ0v) is 13.4. The van der Waals surface area contributed by atoms with Crippen LogP contribution in [0.1, 0.15) is 22.8 Å². The van der Waals surface area contributed by atoms with Crippen LogP contribution >= 0.6 is 0 Å². The highest BCUT2D eigenvalue weighted by atomic mass is 16.5. The van der Waals surface area contributed by atoms with Gasteiger partial charge < -0.3 is 4.74 Å². The van der Waals surface area contributed by atoms with E-state index in [4.69, 9.17) is 4.74 Å². The maximum absolute atomic E-state index is 12.2. The minimum atomic E-state index is -0.0505. The molecule has 0 amide bonds. The molecule has 3 rings (SSSR count). The zero-order valence-electron chi connectivity index (χ0n) is 13.4. The number of benzene rings is 2. The molecule has 0 unspecified atom stereocenters. The lowest BCUT2D eigenvalue weighted by Gasteiger charge is -2.02. The van der Waals surface area contributed by atoms with Crippen LogP contribution in [0.15, 0.2) is 73.1 Å². The summed E-state index contributed by atoms with van der Waals surface area (Å²) in [7, 11) is 0. The van der Waals surface area contributed by atoms with Crippen molar-refractivity contribution < 1.29 is 9.53 Å². The van der Waals surface area contributed by atoms with E-state index < -0.39 is 0 Å². The highest BCUT2D eigenvalue weighted by molar-refractivity contribution is 6.06. The number of para-hydroxylation sites is 1. The molecule has 0 saturated carbocycles. The number of ketones is 1. The normalized spacial score (nSPS) is 10.9. The van der Waals surface area contributed by atoms with Gasteiger partial charge in [-0.3, -0.25) is 4.79 Å². The molecule has 0 bridgehead atoms. The largest absolute Gasteiger partial charge is 0.494 e. The summed E-state index contributed by atoms with van der Waals surface area (Å²) in [5.41, 5.74) is 2.48. The van der Waals surface area contributed by atoms with Gasteiger partial charge in [0, 0.05) is 17.3 Å². The Balaban J connectivity index is 1.69. The van der Waals surface area contributed by atoms with Crippen LogP contribution in [0.4, 0.5) is 0 Å². The average Bonchev–Trinajstić information content (AvgIpc) is 3.10. The Labute approximate surface area is 141 Å². The van der Waals surface area contributed by atoms with Gasteiger partial charge in [0.1, 0.15) is 5.75 Å². The summed E-state index contributed by atoms with van der Waals surface area (Å²) in [4.78, 5) is 12.2. The molecule has 2 aromatic carbocycles. The van der Waals surface area contributed by atoms with Crippen LogP contribution in [-0.4, -0.2) is 22.2 Å². The topological polar surface area (TPSA) is 44.1 Å². The number of carbonyl (C=O) groups is 1. The van der Waals surface area contributed by atoms with Crippen LogP contribution in [-0.2, 0) is 0 Å². The standard InChI is InChI=1S/C20H18N2O2/c1-2-24-19-11-9-17(10-12-19)20(23)13-8-16-14-21-22(15-16)18-6-4-3-5-7-18/h3-15H,2H2,1H3/b13-8+. The molecule has 0 aliphatic heterocycles. The monoisotopic (exact) mass is 318 g/mol. The summed E-state index contributed by atoms with van der Waals surface area (Å²) in [6.45, 7) is 2.54. The van der Waals surface area contributed by atoms with E-state index in [1.54, 1.807) is 47.3 Å². The Morgan fingerprint density at radius 2 is 1.88 bits per heavy atom. The molecule has 0 aliphatic carbocycles. The smallest absolute Gasteiger partial charge is 0.185 e. The SMILES string of the molecule is CCOc1ccc(C(=O)/C=C/c2cnn(-c3ccccc3)c2)cc1. The lowest BCUT2D eigenvalue weighted by Crippen LogP contribution is -1.95. The van der Waals surface area contributed by atoms with Crippen LogP contribution in [0.2, 0.25) is 0 Å². The summed E-state index contributed by atoms with van der Waals surface area (Å²) >= 11 is 0. The quantitative estimate of drug-likeness (QED) is 0.506. The van der Waals surface area contributed by atoms with Gasteiger partial charge in [-0.2, -0.15) is 5.10 Å². The Bertz CT molecular complexity index is 834. The van der Waals surface area contributed by atoms with Crippen LogP contribution in [0, 0.1) is 0 Å². The van der Waals surface area contributed by atoms with E-state index in [0.717, 1.165) is 17.0 Å². The van der Waals surface area contributed by atoms with Crippen LogP contribution in [0.3, 0.4) is 0 Å². The van der Waals surface area contributed by atoms with E-state index in [-0.39, 0.29) is 5.78 Å². The molecule has 1 aromatic heterocycles. The van der Waals surface area contributed by atoms with Crippen LogP contribution in [0.25, 0.3) is 11.8 Å². The summed E-state index contributed by atoms with van der Waals surface area (Å²) < 4.78 is 7.15. The van der Waals surface area contributed by atoms with Crippen LogP contribution < -0.4 is 4.74 Å². The second-order valence-electron chi connectivity index (χ2n) is 5.21. The van der Waals surface area contributed by atoms with Crippen molar-refractivity contribution in [3.8, 4) is 11.4 Å². The van der Waals surface area contributed by atoms with E-state index in [0.29, 0.717) is 12.2 Å². The Morgan fingerprint density at radius 1 is 1.12 bits per heavy atom. The van der Waals surface area contributed by atoms with Crippen molar-refractivity contribution in [3.63, 3.8) is 0 Å². The molecular formula is C20H18N2O2. The van der Waals surface area contributed by atoms with Crippen molar-refractivity contribution >= 4 is 11.9 Å². The number of hydrogen-bond donors (Lipinski definition) is 0. The molecule has 0 radical (unpaired) electrons. The van der Waals surface area contributed by atoms with Crippen molar-refractivity contribution in [3.05, 3.63) is 84.2 Å². The molecule has 0 aliphatic rings. The highest BCUT2D eigenvalue weighted by Gasteiger charge is 2.03. The fourth-order valence-corrected chi connectivity index (χ4v) is 2.29. The van der Waals surface area contributed by atoms with Gasteiger partial charge in [0.2, 0.25) is 0 Å². The fraction of sp³-hybridized carbons (Fsp3) is 0.100. The lowest BCUT2D eigenvalue weighted by molar-refractivity contribution is 0.104. The molecule has 4 heteroatoms. The molecule has 0 spiro atoms. The van der Waals surface area contributed by atoms with Crippen molar-refractivity contribution in [1.82, 2.24) is 9.78 Å². The third-order valence-electron chi connectivity index (χ3n) is 3.50. The van der Waals surface area contributed by atoms with Gasteiger partial charge in [-0.05, 0) is 55.5 Å². The summed E-state index contributed by atoms with van der Waals surface area (Å²) in [5.74, 6) is 0.715. The molecule has 0 fully saturated rings. The number of aromatic nitrogens is 2. The molecule has 1 heterocycles. The van der Waals surface area contributed by atoms with Gasteiger partial charge in [-0.1, -0.05) is 18.2 Å². The summed E-state index contributed by atoms with van der Waals surface area (Å²) in [6, 6.07) is 17.0. The second-order valence-corrected chi connectivity index (χ2v) is 5.21. The number of nitrogens with zero attached hydrogens (tertiary/aromatic N) is 2. The van der Waals surface area contributed by atoms with Crippen LogP contribution in [0.5, 0.6) is 5.75 Å². The number of carbonyl (C=O) groups excluding carboxylic acids is 1. The summed E-state index contributed by atoms with van der Waals surface area (Å²) in [5, 5.41) is 4.31.